The third-order valence-corrected chi connectivity index (χ3v) is 4.18. The van der Waals surface area contributed by atoms with E-state index in [9.17, 15) is 10.1 Å². The first kappa shape index (κ1) is 12.3. The number of para-hydroxylation sites is 1. The second-order valence-corrected chi connectivity index (χ2v) is 5.36. The molecule has 5 heteroatoms. The molecule has 1 saturated heterocycles. The summed E-state index contributed by atoms with van der Waals surface area (Å²) in [5, 5.41) is 13.0. The molecule has 1 aliphatic rings. The predicted molar refractivity (Wildman–Crippen MR) is 80.6 cm³/mol. The van der Waals surface area contributed by atoms with Gasteiger partial charge in [-0.15, -0.1) is 0 Å². The number of aromatic nitrogens is 1. The molecule has 1 fully saturated rings. The number of non-ortho nitro benzene ring substituents is 1. The van der Waals surface area contributed by atoms with Crippen LogP contribution in [-0.4, -0.2) is 22.7 Å². The molecule has 2 heterocycles. The van der Waals surface area contributed by atoms with Crippen molar-refractivity contribution >= 4 is 27.5 Å². The first-order valence-corrected chi connectivity index (χ1v) is 7.00. The Labute approximate surface area is 120 Å². The van der Waals surface area contributed by atoms with Crippen molar-refractivity contribution in [3.05, 3.63) is 52.6 Å². The van der Waals surface area contributed by atoms with Crippen LogP contribution in [0, 0.1) is 10.1 Å². The molecule has 0 aliphatic carbocycles. The lowest BCUT2D eigenvalue weighted by Crippen LogP contribution is -2.07. The molecule has 0 bridgehead atoms. The van der Waals surface area contributed by atoms with Crippen molar-refractivity contribution in [3.63, 3.8) is 0 Å². The Morgan fingerprint density at radius 1 is 1.14 bits per heavy atom. The number of rotatable bonds is 2. The summed E-state index contributed by atoms with van der Waals surface area (Å²) in [7, 11) is 0. The molecule has 2 aromatic carbocycles. The minimum Gasteiger partial charge on any atom is -0.379 e. The summed E-state index contributed by atoms with van der Waals surface area (Å²) in [4.78, 5) is 10.7. The highest BCUT2D eigenvalue weighted by Gasteiger charge is 2.23. The fourth-order valence-corrected chi connectivity index (χ4v) is 3.22. The molecule has 3 aromatic rings. The van der Waals surface area contributed by atoms with Crippen molar-refractivity contribution in [2.75, 3.05) is 13.2 Å². The third-order valence-electron chi connectivity index (χ3n) is 4.18. The van der Waals surface area contributed by atoms with Crippen LogP contribution in [0.3, 0.4) is 0 Å². The van der Waals surface area contributed by atoms with E-state index in [1.54, 1.807) is 12.1 Å². The molecule has 1 aliphatic heterocycles. The Bertz CT molecular complexity index is 847. The summed E-state index contributed by atoms with van der Waals surface area (Å²) >= 11 is 0. The van der Waals surface area contributed by atoms with Gasteiger partial charge in [0.2, 0.25) is 0 Å². The maximum atomic E-state index is 11.0. The van der Waals surface area contributed by atoms with Gasteiger partial charge < -0.3 is 9.30 Å². The Balaban J connectivity index is 2.07. The van der Waals surface area contributed by atoms with Gasteiger partial charge in [0.15, 0.2) is 0 Å². The Hall–Kier alpha value is -2.40. The number of nitro benzene ring substituents is 1. The van der Waals surface area contributed by atoms with Gasteiger partial charge in [-0.3, -0.25) is 10.1 Å². The number of hydrogen-bond acceptors (Lipinski definition) is 3. The zero-order valence-corrected chi connectivity index (χ0v) is 11.4. The Kier molecular flexibility index (Phi) is 2.68. The van der Waals surface area contributed by atoms with Crippen LogP contribution >= 0.6 is 0 Å². The van der Waals surface area contributed by atoms with Crippen molar-refractivity contribution < 1.29 is 9.66 Å². The highest BCUT2D eigenvalue weighted by Crippen LogP contribution is 2.35. The molecular weight excluding hydrogens is 268 g/mol. The topological polar surface area (TPSA) is 57.3 Å². The van der Waals surface area contributed by atoms with Crippen LogP contribution in [0.2, 0.25) is 0 Å². The molecule has 0 unspecified atom stereocenters. The van der Waals surface area contributed by atoms with E-state index < -0.39 is 0 Å². The molecule has 0 radical (unpaired) electrons. The summed E-state index contributed by atoms with van der Waals surface area (Å²) in [6.45, 7) is 1.47. The fourth-order valence-electron chi connectivity index (χ4n) is 3.22. The van der Waals surface area contributed by atoms with Gasteiger partial charge in [-0.05, 0) is 18.6 Å². The van der Waals surface area contributed by atoms with Crippen LogP contribution in [0.25, 0.3) is 21.8 Å². The highest BCUT2D eigenvalue weighted by molar-refractivity contribution is 6.08. The minimum absolute atomic E-state index is 0.132. The molecule has 0 saturated carbocycles. The molecule has 106 valence electrons. The smallest absolute Gasteiger partial charge is 0.270 e. The van der Waals surface area contributed by atoms with Gasteiger partial charge in [-0.2, -0.15) is 0 Å². The van der Waals surface area contributed by atoms with Crippen molar-refractivity contribution in [1.82, 2.24) is 4.57 Å². The van der Waals surface area contributed by atoms with E-state index in [-0.39, 0.29) is 10.6 Å². The van der Waals surface area contributed by atoms with Crippen molar-refractivity contribution in [2.45, 2.75) is 12.5 Å². The van der Waals surface area contributed by atoms with E-state index in [0.717, 1.165) is 34.8 Å². The summed E-state index contributed by atoms with van der Waals surface area (Å²) in [6.07, 6.45) is 0.977. The first-order chi connectivity index (χ1) is 10.3. The fraction of sp³-hybridized carbons (Fsp3) is 0.250. The number of nitrogens with zero attached hydrogens (tertiary/aromatic N) is 2. The Morgan fingerprint density at radius 2 is 1.95 bits per heavy atom. The SMILES string of the molecule is O=[N+]([O-])c1ccc2c(c1)c1ccccc1n2[C@@H]1CCOC1. The predicted octanol–water partition coefficient (Wildman–Crippen LogP) is 3.66. The summed E-state index contributed by atoms with van der Waals surface area (Å²) in [5.74, 6) is 0. The average molecular weight is 282 g/mol. The second-order valence-electron chi connectivity index (χ2n) is 5.36. The van der Waals surface area contributed by atoms with E-state index in [2.05, 4.69) is 10.6 Å². The molecular formula is C16H14N2O3. The van der Waals surface area contributed by atoms with Crippen LogP contribution < -0.4 is 0 Å². The Morgan fingerprint density at radius 3 is 2.71 bits per heavy atom. The largest absolute Gasteiger partial charge is 0.379 e. The lowest BCUT2D eigenvalue weighted by Gasteiger charge is -2.13. The van der Waals surface area contributed by atoms with Crippen molar-refractivity contribution in [2.24, 2.45) is 0 Å². The van der Waals surface area contributed by atoms with Gasteiger partial charge >= 0.3 is 0 Å². The summed E-state index contributed by atoms with van der Waals surface area (Å²) in [6, 6.07) is 13.5. The van der Waals surface area contributed by atoms with E-state index in [1.807, 2.05) is 24.3 Å². The molecule has 4 rings (SSSR count). The number of benzene rings is 2. The second kappa shape index (κ2) is 4.56. The van der Waals surface area contributed by atoms with Gasteiger partial charge in [0.05, 0.1) is 17.6 Å². The summed E-state index contributed by atoms with van der Waals surface area (Å²) in [5.41, 5.74) is 2.29. The zero-order chi connectivity index (χ0) is 14.4. The molecule has 1 aromatic heterocycles. The highest BCUT2D eigenvalue weighted by atomic mass is 16.6. The first-order valence-electron chi connectivity index (χ1n) is 7.00. The van der Waals surface area contributed by atoms with Gasteiger partial charge in [0, 0.05) is 40.5 Å². The lowest BCUT2D eigenvalue weighted by molar-refractivity contribution is -0.384. The van der Waals surface area contributed by atoms with Gasteiger partial charge in [-0.25, -0.2) is 0 Å². The standard InChI is InChI=1S/C16H14N2O3/c19-18(20)11-5-6-16-14(9-11)13-3-1-2-4-15(13)17(16)12-7-8-21-10-12/h1-6,9,12H,7-8,10H2/t12-/m1/s1. The van der Waals surface area contributed by atoms with Crippen LogP contribution in [-0.2, 0) is 4.74 Å². The molecule has 5 nitrogen and oxygen atoms in total. The number of hydrogen-bond donors (Lipinski definition) is 0. The third kappa shape index (κ3) is 1.81. The zero-order valence-electron chi connectivity index (χ0n) is 11.4. The normalized spacial score (nSPS) is 18.6. The van der Waals surface area contributed by atoms with Crippen molar-refractivity contribution in [3.8, 4) is 0 Å². The average Bonchev–Trinajstić information content (AvgIpc) is 3.11. The maximum Gasteiger partial charge on any atom is 0.270 e. The quantitative estimate of drug-likeness (QED) is 0.532. The van der Waals surface area contributed by atoms with E-state index in [4.69, 9.17) is 4.74 Å². The van der Waals surface area contributed by atoms with Gasteiger partial charge in [0.1, 0.15) is 0 Å². The monoisotopic (exact) mass is 282 g/mol. The van der Waals surface area contributed by atoms with Gasteiger partial charge in [-0.1, -0.05) is 18.2 Å². The molecule has 0 spiro atoms. The molecule has 21 heavy (non-hydrogen) atoms. The minimum atomic E-state index is -0.343. The molecule has 0 N–H and O–H groups in total. The summed E-state index contributed by atoms with van der Waals surface area (Å²) < 4.78 is 7.78. The number of nitro groups is 1. The van der Waals surface area contributed by atoms with Crippen LogP contribution in [0.15, 0.2) is 42.5 Å². The number of fused-ring (bicyclic) bond motifs is 3. The van der Waals surface area contributed by atoms with Crippen LogP contribution in [0.5, 0.6) is 0 Å². The van der Waals surface area contributed by atoms with Crippen LogP contribution in [0.4, 0.5) is 5.69 Å². The van der Waals surface area contributed by atoms with Crippen LogP contribution in [0.1, 0.15) is 12.5 Å². The number of ether oxygens (including phenoxy) is 1. The lowest BCUT2D eigenvalue weighted by atomic mass is 10.1. The van der Waals surface area contributed by atoms with E-state index in [1.165, 1.54) is 0 Å². The van der Waals surface area contributed by atoms with Crippen molar-refractivity contribution in [1.29, 1.82) is 0 Å². The van der Waals surface area contributed by atoms with Gasteiger partial charge in [0.25, 0.3) is 5.69 Å². The van der Waals surface area contributed by atoms with E-state index in [0.29, 0.717) is 12.6 Å². The van der Waals surface area contributed by atoms with E-state index >= 15 is 0 Å². The molecule has 0 amide bonds. The maximum absolute atomic E-state index is 11.0. The molecule has 1 atom stereocenters.